The predicted octanol–water partition coefficient (Wildman–Crippen LogP) is 2.54. The van der Waals surface area contributed by atoms with Crippen molar-refractivity contribution in [1.82, 2.24) is 10.3 Å². The van der Waals surface area contributed by atoms with Crippen LogP contribution in [0.4, 0.5) is 5.69 Å². The molecule has 0 bridgehead atoms. The number of nitrogens with zero attached hydrogens (tertiary/aromatic N) is 1. The van der Waals surface area contributed by atoms with Crippen molar-refractivity contribution < 1.29 is 18.7 Å². The van der Waals surface area contributed by atoms with Crippen LogP contribution in [0.15, 0.2) is 45.6 Å². The van der Waals surface area contributed by atoms with Crippen LogP contribution < -0.4 is 25.4 Å². The summed E-state index contributed by atoms with van der Waals surface area (Å²) in [5, 5.41) is 3.01. The fourth-order valence-electron chi connectivity index (χ4n) is 4.05. The number of aromatic nitrogens is 1. The lowest BCUT2D eigenvalue weighted by molar-refractivity contribution is 0.0945. The lowest BCUT2D eigenvalue weighted by atomic mass is 9.96. The van der Waals surface area contributed by atoms with Crippen molar-refractivity contribution in [2.75, 3.05) is 37.7 Å². The molecular weight excluding hydrogens is 386 g/mol. The summed E-state index contributed by atoms with van der Waals surface area (Å²) >= 11 is 0. The van der Waals surface area contributed by atoms with Crippen molar-refractivity contribution >= 4 is 22.7 Å². The molecule has 0 saturated carbocycles. The lowest BCUT2D eigenvalue weighted by Gasteiger charge is -2.34. The number of amides is 1. The maximum absolute atomic E-state index is 12.5. The van der Waals surface area contributed by atoms with E-state index in [9.17, 15) is 9.59 Å². The van der Waals surface area contributed by atoms with Gasteiger partial charge in [0.1, 0.15) is 13.2 Å². The average Bonchev–Trinajstić information content (AvgIpc) is 3.16. The van der Waals surface area contributed by atoms with Gasteiger partial charge in [-0.2, -0.15) is 0 Å². The zero-order valence-corrected chi connectivity index (χ0v) is 16.5. The Kier molecular flexibility index (Phi) is 4.82. The second-order valence-corrected chi connectivity index (χ2v) is 7.69. The molecule has 3 heterocycles. The fraction of sp³-hybridized carbons (Fsp3) is 0.364. The third-order valence-corrected chi connectivity index (χ3v) is 5.74. The number of piperidine rings is 1. The van der Waals surface area contributed by atoms with Crippen LogP contribution in [0.2, 0.25) is 0 Å². The van der Waals surface area contributed by atoms with E-state index in [4.69, 9.17) is 13.9 Å². The summed E-state index contributed by atoms with van der Waals surface area (Å²) in [5.41, 5.74) is 2.60. The normalized spacial score (nSPS) is 16.6. The number of H-pyrrole nitrogens is 1. The van der Waals surface area contributed by atoms with Gasteiger partial charge in [-0.3, -0.25) is 9.78 Å². The van der Waals surface area contributed by atoms with Gasteiger partial charge in [0.05, 0.1) is 5.52 Å². The number of hydrogen-bond donors (Lipinski definition) is 2. The first-order valence-electron chi connectivity index (χ1n) is 10.2. The Morgan fingerprint density at radius 1 is 1.07 bits per heavy atom. The van der Waals surface area contributed by atoms with Crippen LogP contribution in [0.5, 0.6) is 11.5 Å². The van der Waals surface area contributed by atoms with Crippen molar-refractivity contribution in [3.63, 3.8) is 0 Å². The third-order valence-electron chi connectivity index (χ3n) is 5.74. The van der Waals surface area contributed by atoms with Crippen LogP contribution in [0.25, 0.3) is 11.1 Å². The molecule has 2 aliphatic rings. The van der Waals surface area contributed by atoms with Crippen molar-refractivity contribution in [2.45, 2.75) is 12.8 Å². The fourth-order valence-corrected chi connectivity index (χ4v) is 4.05. The van der Waals surface area contributed by atoms with Crippen LogP contribution in [-0.2, 0) is 0 Å². The smallest absolute Gasteiger partial charge is 0.417 e. The molecule has 1 amide bonds. The van der Waals surface area contributed by atoms with Gasteiger partial charge in [0.25, 0.3) is 5.91 Å². The number of fused-ring (bicyclic) bond motifs is 2. The number of rotatable bonds is 4. The summed E-state index contributed by atoms with van der Waals surface area (Å²) in [5.74, 6) is 1.36. The topological polar surface area (TPSA) is 96.8 Å². The number of hydrogen-bond acceptors (Lipinski definition) is 6. The summed E-state index contributed by atoms with van der Waals surface area (Å²) in [6.07, 6.45) is 2.00. The van der Waals surface area contributed by atoms with E-state index in [-0.39, 0.29) is 5.91 Å². The summed E-state index contributed by atoms with van der Waals surface area (Å²) in [4.78, 5) is 28.7. The minimum atomic E-state index is -0.521. The van der Waals surface area contributed by atoms with Crippen LogP contribution in [0.1, 0.15) is 23.2 Å². The molecular formula is C22H23N3O5. The Hall–Kier alpha value is -3.42. The average molecular weight is 409 g/mol. The van der Waals surface area contributed by atoms with E-state index in [2.05, 4.69) is 21.3 Å². The molecule has 0 radical (unpaired) electrons. The molecule has 2 N–H and O–H groups in total. The molecule has 30 heavy (non-hydrogen) atoms. The number of aromatic amines is 1. The zero-order valence-electron chi connectivity index (χ0n) is 16.5. The lowest BCUT2D eigenvalue weighted by Crippen LogP contribution is -2.38. The number of nitrogens with one attached hydrogen (secondary N) is 2. The van der Waals surface area contributed by atoms with Gasteiger partial charge < -0.3 is 24.1 Å². The van der Waals surface area contributed by atoms with Crippen molar-refractivity contribution in [3.05, 3.63) is 52.5 Å². The largest absolute Gasteiger partial charge is 0.486 e. The van der Waals surface area contributed by atoms with Gasteiger partial charge in [-0.25, -0.2) is 4.79 Å². The van der Waals surface area contributed by atoms with Gasteiger partial charge in [-0.05, 0) is 49.1 Å². The number of carbonyl (C=O) groups is 1. The second kappa shape index (κ2) is 7.78. The SMILES string of the molecule is O=C(NCC1CCN(c2ccc3c(c2)OCCO3)CC1)c1ccc2[nH]c(=O)oc2c1. The molecule has 8 heteroatoms. The highest BCUT2D eigenvalue weighted by Crippen LogP contribution is 2.35. The highest BCUT2D eigenvalue weighted by Gasteiger charge is 2.22. The minimum Gasteiger partial charge on any atom is -0.486 e. The first kappa shape index (κ1) is 18.6. The number of oxazole rings is 1. The van der Waals surface area contributed by atoms with Crippen LogP contribution in [0, 0.1) is 5.92 Å². The second-order valence-electron chi connectivity index (χ2n) is 7.69. The number of ether oxygens (including phenoxy) is 2. The van der Waals surface area contributed by atoms with Crippen molar-refractivity contribution in [1.29, 1.82) is 0 Å². The van der Waals surface area contributed by atoms with Gasteiger partial charge in [0, 0.05) is 37.0 Å². The molecule has 0 spiro atoms. The summed E-state index contributed by atoms with van der Waals surface area (Å²) in [6, 6.07) is 11.1. The van der Waals surface area contributed by atoms with Crippen LogP contribution in [-0.4, -0.2) is 43.7 Å². The molecule has 5 rings (SSSR count). The minimum absolute atomic E-state index is 0.157. The number of anilines is 1. The van der Waals surface area contributed by atoms with Crippen molar-refractivity contribution in [2.24, 2.45) is 5.92 Å². The van der Waals surface area contributed by atoms with Crippen LogP contribution >= 0.6 is 0 Å². The molecule has 156 valence electrons. The van der Waals surface area contributed by atoms with Crippen molar-refractivity contribution in [3.8, 4) is 11.5 Å². The molecule has 2 aromatic carbocycles. The summed E-state index contributed by atoms with van der Waals surface area (Å²) in [6.45, 7) is 3.67. The van der Waals surface area contributed by atoms with Crippen LogP contribution in [0.3, 0.4) is 0 Å². The Morgan fingerprint density at radius 3 is 2.70 bits per heavy atom. The van der Waals surface area contributed by atoms with Gasteiger partial charge in [0.15, 0.2) is 17.1 Å². The molecule has 0 atom stereocenters. The van der Waals surface area contributed by atoms with Gasteiger partial charge >= 0.3 is 5.76 Å². The molecule has 1 aromatic heterocycles. The van der Waals surface area contributed by atoms with E-state index >= 15 is 0 Å². The maximum atomic E-state index is 12.5. The Bertz CT molecular complexity index is 1130. The van der Waals surface area contributed by atoms with E-state index in [1.54, 1.807) is 18.2 Å². The Labute approximate surface area is 172 Å². The molecule has 8 nitrogen and oxygen atoms in total. The highest BCUT2D eigenvalue weighted by molar-refractivity contribution is 5.96. The van der Waals surface area contributed by atoms with Gasteiger partial charge in [0.2, 0.25) is 0 Å². The zero-order chi connectivity index (χ0) is 20.5. The first-order valence-corrected chi connectivity index (χ1v) is 10.2. The summed E-state index contributed by atoms with van der Waals surface area (Å²) in [7, 11) is 0. The standard InChI is InChI=1S/C22H23N3O5/c26-21(15-1-3-17-19(11-15)30-22(27)24-17)23-13-14-5-7-25(8-6-14)16-2-4-18-20(12-16)29-10-9-28-18/h1-4,11-12,14H,5-10,13H2,(H,23,26)(H,24,27). The monoisotopic (exact) mass is 409 g/mol. The van der Waals surface area contributed by atoms with E-state index in [1.165, 1.54) is 0 Å². The summed E-state index contributed by atoms with van der Waals surface area (Å²) < 4.78 is 16.3. The Balaban J connectivity index is 1.15. The van der Waals surface area contributed by atoms with E-state index in [1.807, 2.05) is 12.1 Å². The molecule has 0 aliphatic carbocycles. The molecule has 1 saturated heterocycles. The molecule has 0 unspecified atom stereocenters. The van der Waals surface area contributed by atoms with Gasteiger partial charge in [-0.15, -0.1) is 0 Å². The number of benzene rings is 2. The Morgan fingerprint density at radius 2 is 1.87 bits per heavy atom. The van der Waals surface area contributed by atoms with E-state index in [0.717, 1.165) is 43.1 Å². The van der Waals surface area contributed by atoms with E-state index < -0.39 is 5.76 Å². The number of carbonyl (C=O) groups excluding carboxylic acids is 1. The predicted molar refractivity (Wildman–Crippen MR) is 112 cm³/mol. The molecule has 1 fully saturated rings. The highest BCUT2D eigenvalue weighted by atomic mass is 16.6. The van der Waals surface area contributed by atoms with Gasteiger partial charge in [-0.1, -0.05) is 0 Å². The third kappa shape index (κ3) is 3.72. The first-order chi connectivity index (χ1) is 14.7. The molecule has 2 aliphatic heterocycles. The van der Waals surface area contributed by atoms with E-state index in [0.29, 0.717) is 42.3 Å². The quantitative estimate of drug-likeness (QED) is 0.687. The maximum Gasteiger partial charge on any atom is 0.417 e. The molecule has 3 aromatic rings.